The van der Waals surface area contributed by atoms with Crippen molar-refractivity contribution in [2.45, 2.75) is 0 Å². The summed E-state index contributed by atoms with van der Waals surface area (Å²) in [4.78, 5) is 25.7. The molecule has 0 aliphatic carbocycles. The van der Waals surface area contributed by atoms with Gasteiger partial charge in [-0.1, -0.05) is 30.3 Å². The van der Waals surface area contributed by atoms with Crippen LogP contribution >= 0.6 is 0 Å². The molecule has 1 aliphatic heterocycles. The molecule has 0 unspecified atom stereocenters. The first-order chi connectivity index (χ1) is 16.7. The average Bonchev–Trinajstić information content (AvgIpc) is 3.49. The van der Waals surface area contributed by atoms with Crippen molar-refractivity contribution in [3.05, 3.63) is 72.3 Å². The lowest BCUT2D eigenvalue weighted by molar-refractivity contribution is 0.102. The molecule has 2 aromatic heterocycles. The Balaban J connectivity index is 1.31. The van der Waals surface area contributed by atoms with Crippen molar-refractivity contribution in [1.29, 1.82) is 0 Å². The molecule has 1 fully saturated rings. The van der Waals surface area contributed by atoms with Crippen LogP contribution in [0.1, 0.15) is 10.4 Å². The summed E-state index contributed by atoms with van der Waals surface area (Å²) in [6, 6.07) is 21.3. The van der Waals surface area contributed by atoms with E-state index < -0.39 is 0 Å². The zero-order chi connectivity index (χ0) is 23.1. The Kier molecular flexibility index (Phi) is 5.00. The summed E-state index contributed by atoms with van der Waals surface area (Å²) in [6.45, 7) is 4.17. The number of nitrogens with one attached hydrogen (secondary N) is 3. The summed E-state index contributed by atoms with van der Waals surface area (Å²) < 4.78 is 0. The van der Waals surface area contributed by atoms with Gasteiger partial charge in [-0.15, -0.1) is 0 Å². The molecule has 5 aromatic rings. The van der Waals surface area contributed by atoms with Gasteiger partial charge in [-0.2, -0.15) is 5.10 Å². The number of aromatic nitrogens is 4. The van der Waals surface area contributed by atoms with Gasteiger partial charge in [-0.3, -0.25) is 9.89 Å². The van der Waals surface area contributed by atoms with Gasteiger partial charge in [-0.25, -0.2) is 4.98 Å². The number of carbonyl (C=O) groups is 1. The van der Waals surface area contributed by atoms with Crippen LogP contribution in [0.3, 0.4) is 0 Å². The van der Waals surface area contributed by atoms with Crippen molar-refractivity contribution < 1.29 is 4.79 Å². The summed E-state index contributed by atoms with van der Waals surface area (Å²) in [5.41, 5.74) is 5.84. The lowest BCUT2D eigenvalue weighted by Gasteiger charge is -2.34. The van der Waals surface area contributed by atoms with Gasteiger partial charge in [0.1, 0.15) is 11.2 Å². The van der Waals surface area contributed by atoms with E-state index in [0.29, 0.717) is 16.8 Å². The van der Waals surface area contributed by atoms with E-state index in [9.17, 15) is 4.79 Å². The second-order valence-corrected chi connectivity index (χ2v) is 8.70. The molecule has 0 atom stereocenters. The first-order valence-corrected chi connectivity index (χ1v) is 11.4. The van der Waals surface area contributed by atoms with Crippen molar-refractivity contribution in [3.63, 3.8) is 0 Å². The highest BCUT2D eigenvalue weighted by molar-refractivity contribution is 6.09. The number of para-hydroxylation sites is 1. The number of imidazole rings is 1. The average molecular weight is 452 g/mol. The second-order valence-electron chi connectivity index (χ2n) is 8.70. The predicted octanol–water partition coefficient (Wildman–Crippen LogP) is 4.11. The number of rotatable bonds is 4. The van der Waals surface area contributed by atoms with Gasteiger partial charge in [0, 0.05) is 42.8 Å². The van der Waals surface area contributed by atoms with Crippen LogP contribution in [0, 0.1) is 0 Å². The van der Waals surface area contributed by atoms with Gasteiger partial charge in [-0.05, 0) is 43.4 Å². The summed E-state index contributed by atoms with van der Waals surface area (Å²) >= 11 is 0. The molecule has 0 spiro atoms. The lowest BCUT2D eigenvalue weighted by atomic mass is 10.1. The largest absolute Gasteiger partial charge is 0.369 e. The summed E-state index contributed by atoms with van der Waals surface area (Å²) in [5.74, 6) is 0.553. The van der Waals surface area contributed by atoms with Gasteiger partial charge in [0.2, 0.25) is 0 Å². The maximum Gasteiger partial charge on any atom is 0.255 e. The number of anilines is 2. The second kappa shape index (κ2) is 8.31. The Morgan fingerprint density at radius 2 is 1.79 bits per heavy atom. The highest BCUT2D eigenvalue weighted by Gasteiger charge is 2.18. The van der Waals surface area contributed by atoms with Gasteiger partial charge in [0.15, 0.2) is 5.82 Å². The van der Waals surface area contributed by atoms with Gasteiger partial charge in [0.05, 0.1) is 16.7 Å². The van der Waals surface area contributed by atoms with Crippen LogP contribution in [0.5, 0.6) is 0 Å². The van der Waals surface area contributed by atoms with Crippen LogP contribution in [0.15, 0.2) is 66.7 Å². The third-order valence-corrected chi connectivity index (χ3v) is 6.44. The van der Waals surface area contributed by atoms with E-state index in [0.717, 1.165) is 54.1 Å². The molecule has 3 N–H and O–H groups in total. The standard InChI is InChI=1S/C26H25N7O/c1-32-12-14-33(15-13-32)18-10-11-20-22(16-18)28-25(27-20)24-19-8-5-9-21(23(19)30-31-24)29-26(34)17-6-3-2-4-7-17/h2-11,16H,12-15H2,1H3,(H,27,28)(H,29,34)(H,30,31). The minimum absolute atomic E-state index is 0.169. The van der Waals surface area contributed by atoms with Gasteiger partial charge < -0.3 is 20.1 Å². The summed E-state index contributed by atoms with van der Waals surface area (Å²) in [6.07, 6.45) is 0. The maximum atomic E-state index is 12.7. The Morgan fingerprint density at radius 1 is 0.971 bits per heavy atom. The lowest BCUT2D eigenvalue weighted by Crippen LogP contribution is -2.44. The zero-order valence-electron chi connectivity index (χ0n) is 18.9. The quantitative estimate of drug-likeness (QED) is 0.382. The van der Waals surface area contributed by atoms with E-state index in [2.05, 4.69) is 55.5 Å². The Morgan fingerprint density at radius 3 is 2.62 bits per heavy atom. The number of nitrogens with zero attached hydrogens (tertiary/aromatic N) is 4. The number of aromatic amines is 2. The van der Waals surface area contributed by atoms with Crippen LogP contribution in [0.4, 0.5) is 11.4 Å². The minimum atomic E-state index is -0.169. The fraction of sp³-hybridized carbons (Fsp3) is 0.192. The molecule has 8 heteroatoms. The van der Waals surface area contributed by atoms with Crippen LogP contribution in [0.25, 0.3) is 33.5 Å². The third-order valence-electron chi connectivity index (χ3n) is 6.44. The van der Waals surface area contributed by atoms with E-state index in [1.54, 1.807) is 12.1 Å². The highest BCUT2D eigenvalue weighted by Crippen LogP contribution is 2.31. The number of likely N-dealkylation sites (N-methyl/N-ethyl adjacent to an activating group) is 1. The van der Waals surface area contributed by atoms with Crippen molar-refractivity contribution in [2.75, 3.05) is 43.4 Å². The van der Waals surface area contributed by atoms with Crippen LogP contribution in [0.2, 0.25) is 0 Å². The Hall–Kier alpha value is -4.17. The molecule has 0 saturated carbocycles. The molecule has 3 heterocycles. The number of amides is 1. The summed E-state index contributed by atoms with van der Waals surface area (Å²) in [7, 11) is 2.16. The summed E-state index contributed by atoms with van der Waals surface area (Å²) in [5, 5.41) is 11.5. The van der Waals surface area contributed by atoms with Crippen molar-refractivity contribution in [3.8, 4) is 11.5 Å². The smallest absolute Gasteiger partial charge is 0.255 e. The highest BCUT2D eigenvalue weighted by atomic mass is 16.1. The van der Waals surface area contributed by atoms with Crippen LogP contribution in [-0.4, -0.2) is 64.2 Å². The Bertz CT molecular complexity index is 1480. The number of hydrogen-bond donors (Lipinski definition) is 3. The molecule has 1 amide bonds. The van der Waals surface area contributed by atoms with E-state index in [1.807, 2.05) is 36.4 Å². The van der Waals surface area contributed by atoms with E-state index in [1.165, 1.54) is 5.69 Å². The number of H-pyrrole nitrogens is 2. The number of fused-ring (bicyclic) bond motifs is 2. The monoisotopic (exact) mass is 451 g/mol. The molecule has 34 heavy (non-hydrogen) atoms. The SMILES string of the molecule is CN1CCN(c2ccc3nc(-c4[nH]nc5c(NC(=O)c6ccccc6)cccc45)[nH]c3c2)CC1. The van der Waals surface area contributed by atoms with Crippen molar-refractivity contribution in [2.24, 2.45) is 0 Å². The van der Waals surface area contributed by atoms with E-state index >= 15 is 0 Å². The van der Waals surface area contributed by atoms with E-state index in [-0.39, 0.29) is 5.91 Å². The van der Waals surface area contributed by atoms with Crippen LogP contribution < -0.4 is 10.2 Å². The molecular formula is C26H25N7O. The van der Waals surface area contributed by atoms with Crippen molar-refractivity contribution in [1.82, 2.24) is 25.1 Å². The fourth-order valence-electron chi connectivity index (χ4n) is 4.48. The first kappa shape index (κ1) is 20.4. The van der Waals surface area contributed by atoms with E-state index in [4.69, 9.17) is 4.98 Å². The maximum absolute atomic E-state index is 12.7. The number of benzene rings is 3. The van der Waals surface area contributed by atoms with Crippen LogP contribution in [-0.2, 0) is 0 Å². The topological polar surface area (TPSA) is 92.9 Å². The molecule has 1 aliphatic rings. The number of piperazine rings is 1. The van der Waals surface area contributed by atoms with Gasteiger partial charge >= 0.3 is 0 Å². The molecule has 3 aromatic carbocycles. The fourth-order valence-corrected chi connectivity index (χ4v) is 4.48. The van der Waals surface area contributed by atoms with Crippen molar-refractivity contribution >= 4 is 39.2 Å². The zero-order valence-corrected chi connectivity index (χ0v) is 18.9. The molecule has 170 valence electrons. The van der Waals surface area contributed by atoms with Gasteiger partial charge in [0.25, 0.3) is 5.91 Å². The molecule has 0 radical (unpaired) electrons. The third kappa shape index (κ3) is 3.68. The number of carbonyl (C=O) groups excluding carboxylic acids is 1. The Labute approximate surface area is 196 Å². The first-order valence-electron chi connectivity index (χ1n) is 11.4. The molecule has 0 bridgehead atoms. The normalized spacial score (nSPS) is 14.7. The molecule has 6 rings (SSSR count). The number of hydrogen-bond acceptors (Lipinski definition) is 5. The minimum Gasteiger partial charge on any atom is -0.369 e. The molecular weight excluding hydrogens is 426 g/mol. The molecule has 8 nitrogen and oxygen atoms in total. The molecule has 1 saturated heterocycles. The predicted molar refractivity (Wildman–Crippen MR) is 135 cm³/mol.